The van der Waals surface area contributed by atoms with E-state index in [4.69, 9.17) is 14.7 Å². The Hall–Kier alpha value is -3.77. The molecule has 1 fully saturated rings. The van der Waals surface area contributed by atoms with Crippen LogP contribution >= 0.6 is 0 Å². The summed E-state index contributed by atoms with van der Waals surface area (Å²) in [6.45, 7) is 2.07. The van der Waals surface area contributed by atoms with E-state index in [1.165, 1.54) is 0 Å². The van der Waals surface area contributed by atoms with Crippen LogP contribution < -0.4 is 10.2 Å². The molecule has 0 bridgehead atoms. The van der Waals surface area contributed by atoms with Crippen LogP contribution in [0.1, 0.15) is 37.7 Å². The molecule has 37 heavy (non-hydrogen) atoms. The number of ether oxygens (including phenoxy) is 1. The van der Waals surface area contributed by atoms with Crippen LogP contribution in [0.15, 0.2) is 94.8 Å². The maximum Gasteiger partial charge on any atom is 0.0874 e. The van der Waals surface area contributed by atoms with Crippen molar-refractivity contribution < 1.29 is 4.74 Å². The minimum atomic E-state index is 0.0223. The lowest BCUT2D eigenvalue weighted by molar-refractivity contribution is 0.0667. The summed E-state index contributed by atoms with van der Waals surface area (Å²) < 4.78 is 5.61. The first-order valence-corrected chi connectivity index (χ1v) is 13.2. The molecule has 0 spiro atoms. The number of para-hydroxylation sites is 3. The minimum absolute atomic E-state index is 0.0223. The van der Waals surface area contributed by atoms with E-state index < -0.39 is 0 Å². The molecular formula is C31H33N5O. The molecule has 3 aliphatic rings. The van der Waals surface area contributed by atoms with Crippen LogP contribution in [-0.2, 0) is 4.74 Å². The second-order valence-electron chi connectivity index (χ2n) is 10.1. The summed E-state index contributed by atoms with van der Waals surface area (Å²) in [5.74, 6) is 0. The number of rotatable bonds is 5. The van der Waals surface area contributed by atoms with Crippen molar-refractivity contribution in [2.24, 2.45) is 9.98 Å². The molecule has 3 aromatic rings. The predicted molar refractivity (Wildman–Crippen MR) is 152 cm³/mol. The van der Waals surface area contributed by atoms with Gasteiger partial charge in [0.25, 0.3) is 0 Å². The maximum absolute atomic E-state index is 5.61. The highest BCUT2D eigenvalue weighted by atomic mass is 16.5. The normalized spacial score (nSPS) is 24.1. The number of allylic oxidation sites excluding steroid dienone is 1. The number of pyridine rings is 1. The molecule has 0 radical (unpaired) electrons. The largest absolute Gasteiger partial charge is 0.381 e. The van der Waals surface area contributed by atoms with Gasteiger partial charge in [-0.25, -0.2) is 4.99 Å². The van der Waals surface area contributed by atoms with Gasteiger partial charge in [0.2, 0.25) is 0 Å². The van der Waals surface area contributed by atoms with Crippen LogP contribution in [0.25, 0.3) is 0 Å². The smallest absolute Gasteiger partial charge is 0.0874 e. The SMILES string of the molecule is COC1CCC(N=C2C=C3C(=Nc4ccccc4N3c3ccccc3)CC2Nc2cncc(C)c2)CC1. The summed E-state index contributed by atoms with van der Waals surface area (Å²) >= 11 is 0. The van der Waals surface area contributed by atoms with Crippen molar-refractivity contribution in [3.05, 3.63) is 90.4 Å². The maximum atomic E-state index is 5.61. The number of anilines is 3. The van der Waals surface area contributed by atoms with E-state index in [1.54, 1.807) is 0 Å². The molecule has 1 aliphatic heterocycles. The number of hydrogen-bond acceptors (Lipinski definition) is 6. The van der Waals surface area contributed by atoms with Gasteiger partial charge in [0.05, 0.1) is 52.4 Å². The number of aromatic nitrogens is 1. The molecule has 2 heterocycles. The van der Waals surface area contributed by atoms with Gasteiger partial charge < -0.3 is 15.0 Å². The van der Waals surface area contributed by atoms with Crippen molar-refractivity contribution in [1.82, 2.24) is 4.98 Å². The van der Waals surface area contributed by atoms with Crippen molar-refractivity contribution >= 4 is 34.2 Å². The summed E-state index contributed by atoms with van der Waals surface area (Å²) in [6, 6.07) is 21.4. The third-order valence-corrected chi connectivity index (χ3v) is 7.49. The second kappa shape index (κ2) is 10.3. The van der Waals surface area contributed by atoms with Gasteiger partial charge in [0.1, 0.15) is 0 Å². The van der Waals surface area contributed by atoms with E-state index in [-0.39, 0.29) is 6.04 Å². The van der Waals surface area contributed by atoms with Crippen LogP contribution in [0.2, 0.25) is 0 Å². The van der Waals surface area contributed by atoms with Crippen molar-refractivity contribution in [1.29, 1.82) is 0 Å². The minimum Gasteiger partial charge on any atom is -0.381 e. The number of benzene rings is 2. The molecule has 6 heteroatoms. The molecule has 1 saturated carbocycles. The standard InChI is InChI=1S/C31H33N5O/c1-21-16-23(20-32-19-21)34-27-17-29-31(18-28(27)33-22-12-14-25(37-2)15-13-22)36(24-8-4-3-5-9-24)30-11-7-6-10-26(30)35-29/h3-11,16,18-20,22,25,27,34H,12-15,17H2,1-2H3. The molecular weight excluding hydrogens is 458 g/mol. The second-order valence-corrected chi connectivity index (χ2v) is 10.1. The summed E-state index contributed by atoms with van der Waals surface area (Å²) in [4.78, 5) is 17.2. The van der Waals surface area contributed by atoms with Crippen LogP contribution in [-0.4, -0.2) is 41.7 Å². The van der Waals surface area contributed by atoms with Crippen LogP contribution in [0.4, 0.5) is 22.7 Å². The lowest BCUT2D eigenvalue weighted by atomic mass is 9.90. The molecule has 2 aliphatic carbocycles. The van der Waals surface area contributed by atoms with Crippen molar-refractivity contribution in [3.8, 4) is 0 Å². The first kappa shape index (κ1) is 23.6. The fourth-order valence-corrected chi connectivity index (χ4v) is 5.61. The highest BCUT2D eigenvalue weighted by Gasteiger charge is 2.34. The molecule has 0 amide bonds. The molecule has 188 valence electrons. The van der Waals surface area contributed by atoms with Gasteiger partial charge in [-0.3, -0.25) is 9.98 Å². The first-order valence-electron chi connectivity index (χ1n) is 13.2. The lowest BCUT2D eigenvalue weighted by Gasteiger charge is -2.37. The van der Waals surface area contributed by atoms with E-state index >= 15 is 0 Å². The fraction of sp³-hybridized carbons (Fsp3) is 0.323. The third-order valence-electron chi connectivity index (χ3n) is 7.49. The highest BCUT2D eigenvalue weighted by Crippen LogP contribution is 2.43. The number of nitrogens with one attached hydrogen (secondary N) is 1. The third kappa shape index (κ3) is 4.94. The van der Waals surface area contributed by atoms with Gasteiger partial charge in [0, 0.05) is 31.6 Å². The van der Waals surface area contributed by atoms with Gasteiger partial charge in [-0.2, -0.15) is 0 Å². The number of nitrogens with zero attached hydrogens (tertiary/aromatic N) is 4. The summed E-state index contributed by atoms with van der Waals surface area (Å²) in [5, 5.41) is 3.73. The molecule has 6 nitrogen and oxygen atoms in total. The summed E-state index contributed by atoms with van der Waals surface area (Å²) in [5.41, 5.74) is 8.62. The number of aryl methyl sites for hydroxylation is 1. The molecule has 1 N–H and O–H groups in total. The number of fused-ring (bicyclic) bond motifs is 2. The van der Waals surface area contributed by atoms with Crippen LogP contribution in [0.5, 0.6) is 0 Å². The quantitative estimate of drug-likeness (QED) is 0.427. The van der Waals surface area contributed by atoms with E-state index in [9.17, 15) is 0 Å². The molecule has 0 saturated heterocycles. The monoisotopic (exact) mass is 491 g/mol. The van der Waals surface area contributed by atoms with E-state index in [0.29, 0.717) is 12.1 Å². The van der Waals surface area contributed by atoms with Crippen LogP contribution in [0, 0.1) is 6.92 Å². The molecule has 1 aromatic heterocycles. The lowest BCUT2D eigenvalue weighted by Crippen LogP contribution is -2.41. The molecule has 6 rings (SSSR count). The Morgan fingerprint density at radius 2 is 1.76 bits per heavy atom. The van der Waals surface area contributed by atoms with Crippen molar-refractivity contribution in [2.75, 3.05) is 17.3 Å². The van der Waals surface area contributed by atoms with Crippen molar-refractivity contribution in [2.45, 2.75) is 57.2 Å². The fourth-order valence-electron chi connectivity index (χ4n) is 5.61. The summed E-state index contributed by atoms with van der Waals surface area (Å²) in [7, 11) is 1.82. The van der Waals surface area contributed by atoms with Gasteiger partial charge in [-0.1, -0.05) is 30.3 Å². The Balaban J connectivity index is 1.43. The Morgan fingerprint density at radius 1 is 0.973 bits per heavy atom. The Bertz CT molecular complexity index is 1350. The first-order chi connectivity index (χ1) is 18.2. The number of methoxy groups -OCH3 is 1. The van der Waals surface area contributed by atoms with Gasteiger partial charge in [0.15, 0.2) is 0 Å². The Labute approximate surface area is 218 Å². The zero-order chi connectivity index (χ0) is 25.2. The molecule has 1 atom stereocenters. The zero-order valence-electron chi connectivity index (χ0n) is 21.5. The summed E-state index contributed by atoms with van der Waals surface area (Å²) in [6.07, 6.45) is 11.4. The number of hydrogen-bond donors (Lipinski definition) is 1. The Kier molecular flexibility index (Phi) is 6.58. The van der Waals surface area contributed by atoms with Gasteiger partial charge in [-0.15, -0.1) is 0 Å². The van der Waals surface area contributed by atoms with Gasteiger partial charge in [-0.05, 0) is 74.6 Å². The van der Waals surface area contributed by atoms with Gasteiger partial charge >= 0.3 is 0 Å². The van der Waals surface area contributed by atoms with E-state index in [1.807, 2.05) is 19.5 Å². The Morgan fingerprint density at radius 3 is 2.54 bits per heavy atom. The topological polar surface area (TPSA) is 62.1 Å². The zero-order valence-corrected chi connectivity index (χ0v) is 21.5. The molecule has 1 unspecified atom stereocenters. The highest BCUT2D eigenvalue weighted by molar-refractivity contribution is 6.20. The van der Waals surface area contributed by atoms with E-state index in [0.717, 1.165) is 77.5 Å². The average molecular weight is 492 g/mol. The average Bonchev–Trinajstić information content (AvgIpc) is 2.93. The number of aliphatic imine (C=N–C) groups is 2. The molecule has 2 aromatic carbocycles. The van der Waals surface area contributed by atoms with Crippen LogP contribution in [0.3, 0.4) is 0 Å². The van der Waals surface area contributed by atoms with Crippen molar-refractivity contribution in [3.63, 3.8) is 0 Å². The predicted octanol–water partition coefficient (Wildman–Crippen LogP) is 6.78. The van der Waals surface area contributed by atoms with E-state index in [2.05, 4.69) is 88.9 Å².